The van der Waals surface area contributed by atoms with Gasteiger partial charge in [-0.3, -0.25) is 9.52 Å². The Labute approximate surface area is 192 Å². The van der Waals surface area contributed by atoms with Gasteiger partial charge >= 0.3 is 0 Å². The van der Waals surface area contributed by atoms with Crippen LogP contribution in [-0.4, -0.2) is 28.0 Å². The molecule has 0 bridgehead atoms. The molecule has 7 nitrogen and oxygen atoms in total. The molecule has 0 heterocycles. The summed E-state index contributed by atoms with van der Waals surface area (Å²) in [5, 5.41) is 2.01. The van der Waals surface area contributed by atoms with Gasteiger partial charge in [-0.1, -0.05) is 18.2 Å². The quantitative estimate of drug-likeness (QED) is 0.511. The number of sulfonamides is 1. The summed E-state index contributed by atoms with van der Waals surface area (Å²) in [6.07, 6.45) is 0. The van der Waals surface area contributed by atoms with Gasteiger partial charge in [0.25, 0.3) is 15.9 Å². The predicted octanol–water partition coefficient (Wildman–Crippen LogP) is 4.37. The second-order valence-electron chi connectivity index (χ2n) is 7.64. The molecule has 3 aromatic rings. The molecule has 174 valence electrons. The first kappa shape index (κ1) is 24.4. The lowest BCUT2D eigenvalue weighted by atomic mass is 10.2. The van der Waals surface area contributed by atoms with Crippen LogP contribution in [-0.2, 0) is 19.9 Å². The Morgan fingerprint density at radius 3 is 2.15 bits per heavy atom. The van der Waals surface area contributed by atoms with Gasteiger partial charge in [0.2, 0.25) is 0 Å². The molecule has 1 amide bonds. The van der Waals surface area contributed by atoms with E-state index in [0.29, 0.717) is 5.56 Å². The van der Waals surface area contributed by atoms with E-state index in [4.69, 9.17) is 0 Å². The van der Waals surface area contributed by atoms with E-state index in [1.54, 1.807) is 20.8 Å². The fraction of sp³-hybridized carbons (Fsp3) is 0.174. The molecule has 2 N–H and O–H groups in total. The van der Waals surface area contributed by atoms with E-state index >= 15 is 0 Å². The number of anilines is 2. The highest BCUT2D eigenvalue weighted by Gasteiger charge is 2.21. The van der Waals surface area contributed by atoms with E-state index in [0.717, 1.165) is 6.07 Å². The highest BCUT2D eigenvalue weighted by atomic mass is 32.2. The number of benzene rings is 3. The summed E-state index contributed by atoms with van der Waals surface area (Å²) in [4.78, 5) is 12.6. The first-order chi connectivity index (χ1) is 15.4. The summed E-state index contributed by atoms with van der Waals surface area (Å²) in [5.41, 5.74) is 0.619. The minimum absolute atomic E-state index is 0.108. The Hall–Kier alpha value is -3.24. The number of carbonyl (C=O) groups excluding carboxylic acids is 1. The molecule has 0 radical (unpaired) electrons. The lowest BCUT2D eigenvalue weighted by Gasteiger charge is -2.13. The summed E-state index contributed by atoms with van der Waals surface area (Å²) in [6.45, 7) is 4.72. The minimum atomic E-state index is -4.13. The van der Waals surface area contributed by atoms with E-state index in [1.165, 1.54) is 60.7 Å². The lowest BCUT2D eigenvalue weighted by molar-refractivity contribution is 0.102. The van der Waals surface area contributed by atoms with Crippen molar-refractivity contribution in [3.8, 4) is 0 Å². The average Bonchev–Trinajstić information content (AvgIpc) is 2.76. The number of sulfone groups is 1. The summed E-state index contributed by atoms with van der Waals surface area (Å²) in [6, 6.07) is 15.2. The van der Waals surface area contributed by atoms with Gasteiger partial charge < -0.3 is 5.32 Å². The second kappa shape index (κ2) is 9.32. The average molecular weight is 491 g/mol. The standard InChI is InChI=1S/C23H23FN2O5S2/c1-15(2)32(28,29)19-12-9-17(10-13-19)23(27)25-18-11-8-16(3)22(14-18)33(30,31)26-21-7-5-4-6-20(21)24/h4-15,26H,1-3H3,(H,25,27). The van der Waals surface area contributed by atoms with E-state index in [-0.39, 0.29) is 26.7 Å². The number of rotatable bonds is 7. The van der Waals surface area contributed by atoms with Crippen molar-refractivity contribution in [1.29, 1.82) is 0 Å². The topological polar surface area (TPSA) is 109 Å². The largest absolute Gasteiger partial charge is 0.322 e. The van der Waals surface area contributed by atoms with E-state index in [9.17, 15) is 26.0 Å². The van der Waals surface area contributed by atoms with Gasteiger partial charge in [-0.05, 0) is 74.9 Å². The highest BCUT2D eigenvalue weighted by Crippen LogP contribution is 2.25. The molecule has 0 saturated carbocycles. The molecule has 0 aromatic heterocycles. The molecular weight excluding hydrogens is 467 g/mol. The third kappa shape index (κ3) is 5.40. The van der Waals surface area contributed by atoms with Crippen molar-refractivity contribution < 1.29 is 26.0 Å². The summed E-state index contributed by atoms with van der Waals surface area (Å²) >= 11 is 0. The van der Waals surface area contributed by atoms with Crippen molar-refractivity contribution in [2.45, 2.75) is 35.8 Å². The van der Waals surface area contributed by atoms with E-state index in [1.807, 2.05) is 0 Å². The van der Waals surface area contributed by atoms with Gasteiger partial charge in [-0.15, -0.1) is 0 Å². The highest BCUT2D eigenvalue weighted by molar-refractivity contribution is 7.92. The van der Waals surface area contributed by atoms with Gasteiger partial charge in [-0.25, -0.2) is 21.2 Å². The smallest absolute Gasteiger partial charge is 0.262 e. The zero-order valence-corrected chi connectivity index (χ0v) is 19.8. The van der Waals surface area contributed by atoms with Crippen LogP contribution >= 0.6 is 0 Å². The number of hydrogen-bond donors (Lipinski definition) is 2. The van der Waals surface area contributed by atoms with E-state index < -0.39 is 36.8 Å². The number of aryl methyl sites for hydroxylation is 1. The van der Waals surface area contributed by atoms with Crippen molar-refractivity contribution in [3.63, 3.8) is 0 Å². The summed E-state index contributed by atoms with van der Waals surface area (Å²) in [7, 11) is -7.59. The minimum Gasteiger partial charge on any atom is -0.322 e. The Morgan fingerprint density at radius 1 is 0.909 bits per heavy atom. The maximum absolute atomic E-state index is 13.9. The molecule has 0 spiro atoms. The molecule has 0 unspecified atom stereocenters. The van der Waals surface area contributed by atoms with Crippen molar-refractivity contribution in [2.75, 3.05) is 10.0 Å². The molecular formula is C23H23FN2O5S2. The molecule has 0 aliphatic heterocycles. The molecule has 0 saturated heterocycles. The molecule has 0 aliphatic carbocycles. The Bertz CT molecular complexity index is 1400. The van der Waals surface area contributed by atoms with Crippen LogP contribution in [0.3, 0.4) is 0 Å². The molecule has 3 rings (SSSR count). The van der Waals surface area contributed by atoms with Gasteiger partial charge in [0.15, 0.2) is 9.84 Å². The molecule has 0 atom stereocenters. The number of hydrogen-bond acceptors (Lipinski definition) is 5. The van der Waals surface area contributed by atoms with Gasteiger partial charge in [0.05, 0.1) is 20.7 Å². The maximum Gasteiger partial charge on any atom is 0.262 e. The molecule has 33 heavy (non-hydrogen) atoms. The molecule has 3 aromatic carbocycles. The van der Waals surface area contributed by atoms with Crippen LogP contribution in [0.15, 0.2) is 76.5 Å². The lowest BCUT2D eigenvalue weighted by Crippen LogP contribution is -2.17. The van der Waals surface area contributed by atoms with Gasteiger partial charge in [0.1, 0.15) is 5.82 Å². The van der Waals surface area contributed by atoms with Gasteiger partial charge in [0, 0.05) is 11.3 Å². The normalized spacial score (nSPS) is 11.9. The van der Waals surface area contributed by atoms with Crippen LogP contribution in [0.25, 0.3) is 0 Å². The summed E-state index contributed by atoms with van der Waals surface area (Å²) in [5.74, 6) is -1.26. The Balaban J connectivity index is 1.84. The first-order valence-electron chi connectivity index (χ1n) is 9.95. The Morgan fingerprint density at radius 2 is 1.55 bits per heavy atom. The first-order valence-corrected chi connectivity index (χ1v) is 13.0. The van der Waals surface area contributed by atoms with Crippen LogP contribution in [0.5, 0.6) is 0 Å². The molecule has 0 aliphatic rings. The van der Waals surface area contributed by atoms with Crippen LogP contribution in [0, 0.1) is 12.7 Å². The van der Waals surface area contributed by atoms with E-state index in [2.05, 4.69) is 10.0 Å². The Kier molecular flexibility index (Phi) is 6.89. The van der Waals surface area contributed by atoms with Gasteiger partial charge in [-0.2, -0.15) is 0 Å². The number of halogens is 1. The summed E-state index contributed by atoms with van der Waals surface area (Å²) < 4.78 is 66.2. The third-order valence-electron chi connectivity index (χ3n) is 4.92. The monoisotopic (exact) mass is 490 g/mol. The van der Waals surface area contributed by atoms with Crippen LogP contribution < -0.4 is 10.0 Å². The number of amides is 1. The number of carbonyl (C=O) groups is 1. The van der Waals surface area contributed by atoms with Crippen molar-refractivity contribution in [2.24, 2.45) is 0 Å². The van der Waals surface area contributed by atoms with Crippen molar-refractivity contribution in [1.82, 2.24) is 0 Å². The van der Waals surface area contributed by atoms with Crippen LogP contribution in [0.4, 0.5) is 15.8 Å². The molecule has 10 heteroatoms. The van der Waals surface area contributed by atoms with Crippen LogP contribution in [0.2, 0.25) is 0 Å². The maximum atomic E-state index is 13.9. The third-order valence-corrected chi connectivity index (χ3v) is 8.60. The second-order valence-corrected chi connectivity index (χ2v) is 11.8. The SMILES string of the molecule is Cc1ccc(NC(=O)c2ccc(S(=O)(=O)C(C)C)cc2)cc1S(=O)(=O)Nc1ccccc1F. The molecule has 0 fully saturated rings. The zero-order chi connectivity index (χ0) is 24.4. The number of para-hydroxylation sites is 1. The van der Waals surface area contributed by atoms with Crippen molar-refractivity contribution >= 4 is 37.1 Å². The zero-order valence-electron chi connectivity index (χ0n) is 18.2. The van der Waals surface area contributed by atoms with Crippen molar-refractivity contribution in [3.05, 3.63) is 83.7 Å². The predicted molar refractivity (Wildman–Crippen MR) is 125 cm³/mol. The fourth-order valence-corrected chi connectivity index (χ4v) is 5.38. The fourth-order valence-electron chi connectivity index (χ4n) is 2.98. The number of nitrogens with one attached hydrogen (secondary N) is 2. The van der Waals surface area contributed by atoms with Crippen LogP contribution in [0.1, 0.15) is 29.8 Å².